The number of carbonyl (C=O) groups excluding carboxylic acids is 2. The monoisotopic (exact) mass is 244 g/mol. The number of carboxylic acid groups (broad SMARTS) is 1. The van der Waals surface area contributed by atoms with E-state index in [4.69, 9.17) is 5.11 Å². The van der Waals surface area contributed by atoms with Gasteiger partial charge in [0.15, 0.2) is 0 Å². The van der Waals surface area contributed by atoms with Gasteiger partial charge in [0, 0.05) is 6.92 Å². The van der Waals surface area contributed by atoms with Crippen molar-refractivity contribution in [2.75, 3.05) is 0 Å². The van der Waals surface area contributed by atoms with Gasteiger partial charge in [-0.15, -0.1) is 0 Å². The molecule has 0 saturated heterocycles. The van der Waals surface area contributed by atoms with E-state index in [9.17, 15) is 14.4 Å². The second-order valence-electron chi connectivity index (χ2n) is 4.13. The summed E-state index contributed by atoms with van der Waals surface area (Å²) in [6, 6.07) is -1.66. The second-order valence-corrected chi connectivity index (χ2v) is 4.13. The van der Waals surface area contributed by atoms with Crippen LogP contribution in [0.2, 0.25) is 0 Å². The van der Waals surface area contributed by atoms with Crippen molar-refractivity contribution in [1.82, 2.24) is 10.6 Å². The fourth-order valence-electron chi connectivity index (χ4n) is 1.33. The minimum atomic E-state index is -1.07. The molecule has 3 N–H and O–H groups in total. The third-order valence-electron chi connectivity index (χ3n) is 2.59. The molecule has 0 aromatic heterocycles. The summed E-state index contributed by atoms with van der Waals surface area (Å²) in [5.74, 6) is -2.06. The quantitative estimate of drug-likeness (QED) is 0.618. The molecule has 0 aliphatic rings. The smallest absolute Gasteiger partial charge is 0.326 e. The number of carbonyl (C=O) groups is 3. The summed E-state index contributed by atoms with van der Waals surface area (Å²) >= 11 is 0. The van der Waals surface area contributed by atoms with E-state index >= 15 is 0 Å². The van der Waals surface area contributed by atoms with Crippen LogP contribution in [0.4, 0.5) is 0 Å². The highest BCUT2D eigenvalue weighted by Gasteiger charge is 2.27. The van der Waals surface area contributed by atoms with Crippen molar-refractivity contribution in [2.45, 2.75) is 46.2 Å². The van der Waals surface area contributed by atoms with E-state index < -0.39 is 24.0 Å². The standard InChI is InChI=1S/C11H20N2O4/c1-5-6(2)9(11(16)17)13-10(15)7(3)12-8(4)14/h6-7,9H,5H2,1-4H3,(H,12,14)(H,13,15)(H,16,17)/t6-,7-,9-/m0/s1. The third kappa shape index (κ3) is 5.33. The molecule has 0 bridgehead atoms. The molecule has 0 aliphatic carbocycles. The van der Waals surface area contributed by atoms with Gasteiger partial charge in [0.1, 0.15) is 12.1 Å². The Bertz CT molecular complexity index is 304. The Balaban J connectivity index is 4.50. The average Bonchev–Trinajstić information content (AvgIpc) is 2.22. The molecular weight excluding hydrogens is 224 g/mol. The number of carboxylic acids is 1. The minimum Gasteiger partial charge on any atom is -0.480 e. The van der Waals surface area contributed by atoms with Gasteiger partial charge in [-0.05, 0) is 12.8 Å². The Morgan fingerprint density at radius 2 is 1.71 bits per heavy atom. The topological polar surface area (TPSA) is 95.5 Å². The first kappa shape index (κ1) is 15.4. The summed E-state index contributed by atoms with van der Waals surface area (Å²) in [5.41, 5.74) is 0. The lowest BCUT2D eigenvalue weighted by molar-refractivity contribution is -0.143. The number of hydrogen-bond donors (Lipinski definition) is 3. The number of amides is 2. The normalized spacial score (nSPS) is 15.5. The van der Waals surface area contributed by atoms with Crippen LogP contribution in [0.3, 0.4) is 0 Å². The van der Waals surface area contributed by atoms with Gasteiger partial charge in [-0.25, -0.2) is 4.79 Å². The van der Waals surface area contributed by atoms with Crippen molar-refractivity contribution in [3.63, 3.8) is 0 Å². The zero-order chi connectivity index (χ0) is 13.6. The van der Waals surface area contributed by atoms with Crippen LogP contribution < -0.4 is 10.6 Å². The molecule has 6 nitrogen and oxygen atoms in total. The van der Waals surface area contributed by atoms with Crippen LogP contribution >= 0.6 is 0 Å². The van der Waals surface area contributed by atoms with Crippen LogP contribution in [0.1, 0.15) is 34.1 Å². The second kappa shape index (κ2) is 6.88. The van der Waals surface area contributed by atoms with E-state index in [0.717, 1.165) is 0 Å². The fourth-order valence-corrected chi connectivity index (χ4v) is 1.33. The molecule has 2 amide bonds. The van der Waals surface area contributed by atoms with E-state index in [1.807, 2.05) is 6.92 Å². The molecular formula is C11H20N2O4. The molecule has 0 saturated carbocycles. The Morgan fingerprint density at radius 3 is 2.06 bits per heavy atom. The summed E-state index contributed by atoms with van der Waals surface area (Å²) in [7, 11) is 0. The van der Waals surface area contributed by atoms with Gasteiger partial charge >= 0.3 is 5.97 Å². The maximum atomic E-state index is 11.6. The van der Waals surface area contributed by atoms with Crippen LogP contribution in [-0.4, -0.2) is 35.0 Å². The highest BCUT2D eigenvalue weighted by Crippen LogP contribution is 2.08. The molecule has 0 radical (unpaired) electrons. The predicted molar refractivity (Wildman–Crippen MR) is 62.3 cm³/mol. The van der Waals surface area contributed by atoms with Gasteiger partial charge in [0.2, 0.25) is 11.8 Å². The Labute approximate surface area is 101 Å². The van der Waals surface area contributed by atoms with Gasteiger partial charge in [0.05, 0.1) is 0 Å². The van der Waals surface area contributed by atoms with Gasteiger partial charge in [-0.1, -0.05) is 20.3 Å². The lowest BCUT2D eigenvalue weighted by Crippen LogP contribution is -2.52. The largest absolute Gasteiger partial charge is 0.480 e. The van der Waals surface area contributed by atoms with Crippen molar-refractivity contribution in [2.24, 2.45) is 5.92 Å². The molecule has 0 rings (SSSR count). The first-order chi connectivity index (χ1) is 7.79. The summed E-state index contributed by atoms with van der Waals surface area (Å²) in [4.78, 5) is 33.4. The van der Waals surface area contributed by atoms with Gasteiger partial charge in [-0.2, -0.15) is 0 Å². The van der Waals surface area contributed by atoms with Crippen molar-refractivity contribution in [3.05, 3.63) is 0 Å². The summed E-state index contributed by atoms with van der Waals surface area (Å²) < 4.78 is 0. The number of hydrogen-bond acceptors (Lipinski definition) is 3. The maximum Gasteiger partial charge on any atom is 0.326 e. The Kier molecular flexibility index (Phi) is 6.23. The lowest BCUT2D eigenvalue weighted by atomic mass is 9.99. The van der Waals surface area contributed by atoms with Gasteiger partial charge < -0.3 is 15.7 Å². The predicted octanol–water partition coefficient (Wildman–Crippen LogP) is 0.127. The summed E-state index contributed by atoms with van der Waals surface area (Å²) in [5, 5.41) is 13.8. The van der Waals surface area contributed by atoms with Crippen LogP contribution in [0.25, 0.3) is 0 Å². The molecule has 0 unspecified atom stereocenters. The minimum absolute atomic E-state index is 0.166. The van der Waals surface area contributed by atoms with Gasteiger partial charge in [0.25, 0.3) is 0 Å². The molecule has 17 heavy (non-hydrogen) atoms. The molecule has 0 aromatic carbocycles. The molecule has 98 valence electrons. The lowest BCUT2D eigenvalue weighted by Gasteiger charge is -2.22. The molecule has 6 heteroatoms. The molecule has 0 aromatic rings. The van der Waals surface area contributed by atoms with E-state index in [-0.39, 0.29) is 11.8 Å². The summed E-state index contributed by atoms with van der Waals surface area (Å²) in [6.45, 7) is 6.41. The van der Waals surface area contributed by atoms with Crippen LogP contribution in [-0.2, 0) is 14.4 Å². The molecule has 0 heterocycles. The van der Waals surface area contributed by atoms with E-state index in [1.165, 1.54) is 13.8 Å². The van der Waals surface area contributed by atoms with Crippen molar-refractivity contribution >= 4 is 17.8 Å². The molecule has 3 atom stereocenters. The van der Waals surface area contributed by atoms with Crippen molar-refractivity contribution in [3.8, 4) is 0 Å². The van der Waals surface area contributed by atoms with Gasteiger partial charge in [-0.3, -0.25) is 9.59 Å². The highest BCUT2D eigenvalue weighted by molar-refractivity contribution is 5.89. The van der Waals surface area contributed by atoms with Crippen molar-refractivity contribution in [1.29, 1.82) is 0 Å². The van der Waals surface area contributed by atoms with Crippen LogP contribution in [0.15, 0.2) is 0 Å². The number of rotatable bonds is 6. The molecule has 0 spiro atoms. The van der Waals surface area contributed by atoms with E-state index in [1.54, 1.807) is 6.92 Å². The third-order valence-corrected chi connectivity index (χ3v) is 2.59. The Hall–Kier alpha value is -1.59. The average molecular weight is 244 g/mol. The maximum absolute atomic E-state index is 11.6. The first-order valence-corrected chi connectivity index (χ1v) is 5.59. The zero-order valence-electron chi connectivity index (χ0n) is 10.6. The first-order valence-electron chi connectivity index (χ1n) is 5.59. The summed E-state index contributed by atoms with van der Waals surface area (Å²) in [6.07, 6.45) is 0.645. The van der Waals surface area contributed by atoms with Crippen LogP contribution in [0, 0.1) is 5.92 Å². The Morgan fingerprint density at radius 1 is 1.18 bits per heavy atom. The SMILES string of the molecule is CC[C@H](C)[C@H](NC(=O)[C@H](C)NC(C)=O)C(=O)O. The van der Waals surface area contributed by atoms with E-state index in [2.05, 4.69) is 10.6 Å². The fraction of sp³-hybridized carbons (Fsp3) is 0.727. The number of aliphatic carboxylic acids is 1. The highest BCUT2D eigenvalue weighted by atomic mass is 16.4. The molecule has 0 aliphatic heterocycles. The molecule has 0 fully saturated rings. The zero-order valence-corrected chi connectivity index (χ0v) is 10.6. The van der Waals surface area contributed by atoms with Crippen molar-refractivity contribution < 1.29 is 19.5 Å². The number of nitrogens with one attached hydrogen (secondary N) is 2. The van der Waals surface area contributed by atoms with E-state index in [0.29, 0.717) is 6.42 Å². The van der Waals surface area contributed by atoms with Crippen LogP contribution in [0.5, 0.6) is 0 Å².